The van der Waals surface area contributed by atoms with Gasteiger partial charge in [-0.1, -0.05) is 72.8 Å². The van der Waals surface area contributed by atoms with E-state index in [1.807, 2.05) is 0 Å². The zero-order valence-electron chi connectivity index (χ0n) is 18.2. The molecular formula is C27H32N2O2. The van der Waals surface area contributed by atoms with Crippen LogP contribution in [-0.2, 0) is 22.3 Å². The smallest absolute Gasteiger partial charge is 0.134 e. The van der Waals surface area contributed by atoms with E-state index in [9.17, 15) is 0 Å². The minimum absolute atomic E-state index is 0.104. The summed E-state index contributed by atoms with van der Waals surface area (Å²) in [7, 11) is 0. The second-order valence-electron chi connectivity index (χ2n) is 8.70. The Morgan fingerprint density at radius 2 is 1.52 bits per heavy atom. The molecule has 0 bridgehead atoms. The lowest BCUT2D eigenvalue weighted by molar-refractivity contribution is -0.189. The van der Waals surface area contributed by atoms with Crippen LogP contribution in [0, 0.1) is 0 Å². The van der Waals surface area contributed by atoms with E-state index in [0.717, 1.165) is 45.6 Å². The van der Waals surface area contributed by atoms with Crippen LogP contribution in [0.1, 0.15) is 11.1 Å². The van der Waals surface area contributed by atoms with Gasteiger partial charge in [-0.05, 0) is 28.3 Å². The molecule has 0 N–H and O–H groups in total. The Morgan fingerprint density at radius 3 is 2.32 bits per heavy atom. The molecule has 2 aliphatic rings. The van der Waals surface area contributed by atoms with Crippen molar-refractivity contribution < 1.29 is 9.47 Å². The van der Waals surface area contributed by atoms with E-state index in [1.165, 1.54) is 21.9 Å². The van der Waals surface area contributed by atoms with Gasteiger partial charge in [-0.3, -0.25) is 4.90 Å². The van der Waals surface area contributed by atoms with Crippen LogP contribution in [0.3, 0.4) is 0 Å². The number of hydrogen-bond donors (Lipinski definition) is 0. The van der Waals surface area contributed by atoms with Crippen molar-refractivity contribution in [3.63, 3.8) is 0 Å². The molecule has 2 atom stereocenters. The molecule has 0 radical (unpaired) electrons. The highest BCUT2D eigenvalue weighted by molar-refractivity contribution is 5.85. The lowest BCUT2D eigenvalue weighted by atomic mass is 10.0. The lowest BCUT2D eigenvalue weighted by Crippen LogP contribution is -2.55. The summed E-state index contributed by atoms with van der Waals surface area (Å²) in [5, 5.41) is 2.73. The molecule has 4 heteroatoms. The van der Waals surface area contributed by atoms with Crippen LogP contribution in [0.5, 0.6) is 0 Å². The fourth-order valence-corrected chi connectivity index (χ4v) is 4.80. The summed E-state index contributed by atoms with van der Waals surface area (Å²) in [6, 6.07) is 25.9. The molecule has 162 valence electrons. The zero-order chi connectivity index (χ0) is 20.9. The first-order chi connectivity index (χ1) is 15.3. The summed E-state index contributed by atoms with van der Waals surface area (Å²) in [6.45, 7) is 6.76. The number of hydrogen-bond acceptors (Lipinski definition) is 4. The standard InChI is InChI=1S/C27H32N2O2/c1-2-7-22(8-3-1)19-25-20-31-27(21-30-25)29-17-15-28(16-18-29)14-13-24-11-6-10-23-9-4-5-12-26(23)24/h1-12,25,27H,13-21H2. The Bertz CT molecular complexity index is 956. The van der Waals surface area contributed by atoms with E-state index < -0.39 is 0 Å². The molecule has 3 aromatic rings. The number of nitrogens with zero attached hydrogens (tertiary/aromatic N) is 2. The van der Waals surface area contributed by atoms with E-state index in [2.05, 4.69) is 82.6 Å². The average Bonchev–Trinajstić information content (AvgIpc) is 2.84. The predicted octanol–water partition coefficient (Wildman–Crippen LogP) is 3.98. The van der Waals surface area contributed by atoms with Crippen LogP contribution in [0.15, 0.2) is 72.8 Å². The van der Waals surface area contributed by atoms with Crippen molar-refractivity contribution in [3.8, 4) is 0 Å². The molecule has 4 nitrogen and oxygen atoms in total. The van der Waals surface area contributed by atoms with Gasteiger partial charge in [0.2, 0.25) is 0 Å². The maximum atomic E-state index is 6.20. The third kappa shape index (κ3) is 5.16. The molecule has 0 aromatic heterocycles. The molecular weight excluding hydrogens is 384 g/mol. The number of rotatable bonds is 6. The van der Waals surface area contributed by atoms with Crippen molar-refractivity contribution in [1.82, 2.24) is 9.80 Å². The molecule has 5 rings (SSSR count). The van der Waals surface area contributed by atoms with Crippen LogP contribution >= 0.6 is 0 Å². The van der Waals surface area contributed by atoms with Crippen molar-refractivity contribution in [2.45, 2.75) is 25.2 Å². The van der Waals surface area contributed by atoms with Crippen molar-refractivity contribution in [1.29, 1.82) is 0 Å². The van der Waals surface area contributed by atoms with Crippen molar-refractivity contribution in [2.75, 3.05) is 45.9 Å². The summed E-state index contributed by atoms with van der Waals surface area (Å²) in [4.78, 5) is 5.04. The fourth-order valence-electron chi connectivity index (χ4n) is 4.80. The fraction of sp³-hybridized carbons (Fsp3) is 0.407. The molecule has 31 heavy (non-hydrogen) atoms. The first kappa shape index (κ1) is 20.7. The van der Waals surface area contributed by atoms with E-state index in [4.69, 9.17) is 9.47 Å². The van der Waals surface area contributed by atoms with Gasteiger partial charge in [0.15, 0.2) is 0 Å². The summed E-state index contributed by atoms with van der Waals surface area (Å²) >= 11 is 0. The van der Waals surface area contributed by atoms with Crippen LogP contribution in [0.25, 0.3) is 10.8 Å². The Hall–Kier alpha value is -2.24. The molecule has 2 aliphatic heterocycles. The predicted molar refractivity (Wildman–Crippen MR) is 125 cm³/mol. The first-order valence-corrected chi connectivity index (χ1v) is 11.6. The largest absolute Gasteiger partial charge is 0.371 e. The Morgan fingerprint density at radius 1 is 0.742 bits per heavy atom. The molecule has 2 heterocycles. The van der Waals surface area contributed by atoms with Gasteiger partial charge in [0.25, 0.3) is 0 Å². The minimum atomic E-state index is 0.104. The van der Waals surface area contributed by atoms with Crippen molar-refractivity contribution in [2.24, 2.45) is 0 Å². The molecule has 2 fully saturated rings. The van der Waals surface area contributed by atoms with Gasteiger partial charge in [-0.2, -0.15) is 0 Å². The molecule has 0 aliphatic carbocycles. The van der Waals surface area contributed by atoms with Crippen molar-refractivity contribution >= 4 is 10.8 Å². The van der Waals surface area contributed by atoms with Gasteiger partial charge in [0.1, 0.15) is 6.23 Å². The number of piperazine rings is 1. The van der Waals surface area contributed by atoms with Crippen molar-refractivity contribution in [3.05, 3.63) is 83.9 Å². The average molecular weight is 417 g/mol. The van der Waals surface area contributed by atoms with Crippen LogP contribution in [0.4, 0.5) is 0 Å². The zero-order valence-corrected chi connectivity index (χ0v) is 18.2. The summed E-state index contributed by atoms with van der Waals surface area (Å²) in [5.41, 5.74) is 2.77. The lowest BCUT2D eigenvalue weighted by Gasteiger charge is -2.41. The Labute approximate surface area is 185 Å². The highest BCUT2D eigenvalue weighted by Gasteiger charge is 2.29. The van der Waals surface area contributed by atoms with Gasteiger partial charge >= 0.3 is 0 Å². The van der Waals surface area contributed by atoms with Gasteiger partial charge in [-0.15, -0.1) is 0 Å². The van der Waals surface area contributed by atoms with Gasteiger partial charge in [0.05, 0.1) is 19.3 Å². The topological polar surface area (TPSA) is 24.9 Å². The Balaban J connectivity index is 1.06. The third-order valence-electron chi connectivity index (χ3n) is 6.65. The summed E-state index contributed by atoms with van der Waals surface area (Å²) < 4.78 is 12.3. The first-order valence-electron chi connectivity index (χ1n) is 11.6. The van der Waals surface area contributed by atoms with Gasteiger partial charge in [0, 0.05) is 39.1 Å². The highest BCUT2D eigenvalue weighted by atomic mass is 16.6. The number of ether oxygens (including phenoxy) is 2. The van der Waals surface area contributed by atoms with Crippen LogP contribution in [0.2, 0.25) is 0 Å². The van der Waals surface area contributed by atoms with Gasteiger partial charge in [-0.25, -0.2) is 0 Å². The van der Waals surface area contributed by atoms with Crippen LogP contribution in [-0.4, -0.2) is 68.1 Å². The monoisotopic (exact) mass is 416 g/mol. The highest BCUT2D eigenvalue weighted by Crippen LogP contribution is 2.20. The number of benzene rings is 3. The maximum Gasteiger partial charge on any atom is 0.134 e. The summed E-state index contributed by atoms with van der Waals surface area (Å²) in [5.74, 6) is 0. The second-order valence-corrected chi connectivity index (χ2v) is 8.70. The minimum Gasteiger partial charge on any atom is -0.371 e. The molecule has 2 unspecified atom stereocenters. The van der Waals surface area contributed by atoms with E-state index in [1.54, 1.807) is 0 Å². The molecule has 0 amide bonds. The molecule has 2 saturated heterocycles. The van der Waals surface area contributed by atoms with E-state index in [0.29, 0.717) is 13.2 Å². The van der Waals surface area contributed by atoms with E-state index in [-0.39, 0.29) is 12.3 Å². The number of fused-ring (bicyclic) bond motifs is 1. The molecule has 0 spiro atoms. The third-order valence-corrected chi connectivity index (χ3v) is 6.65. The molecule has 0 saturated carbocycles. The SMILES string of the molecule is c1ccc(CC2COC(N3CCN(CCc4cccc5ccccc45)CC3)CO2)cc1. The quantitative estimate of drug-likeness (QED) is 0.607. The summed E-state index contributed by atoms with van der Waals surface area (Å²) in [6.07, 6.45) is 2.30. The second kappa shape index (κ2) is 9.92. The normalized spacial score (nSPS) is 23.2. The van der Waals surface area contributed by atoms with Crippen LogP contribution < -0.4 is 0 Å². The van der Waals surface area contributed by atoms with E-state index >= 15 is 0 Å². The molecule has 3 aromatic carbocycles. The van der Waals surface area contributed by atoms with Gasteiger partial charge < -0.3 is 14.4 Å². The Kier molecular flexibility index (Phi) is 6.61. The maximum absolute atomic E-state index is 6.20.